The Bertz CT molecular complexity index is 288. The maximum Gasteiger partial charge on any atom is 1.00 e. The van der Waals surface area contributed by atoms with Gasteiger partial charge in [-0.1, -0.05) is 19.9 Å². The molecule has 0 heterocycles. The van der Waals surface area contributed by atoms with E-state index in [2.05, 4.69) is 19.9 Å². The predicted octanol–water partition coefficient (Wildman–Crippen LogP) is -1.82. The molecule has 2 bridgehead atoms. The summed E-state index contributed by atoms with van der Waals surface area (Å²) in [5.41, 5.74) is 0.791. The molecule has 2 aliphatic rings. The van der Waals surface area contributed by atoms with Gasteiger partial charge in [-0.15, -0.1) is 0 Å². The van der Waals surface area contributed by atoms with E-state index in [1.165, 1.54) is 5.57 Å². The smallest absolute Gasteiger partial charge is 0.183 e. The summed E-state index contributed by atoms with van der Waals surface area (Å²) in [5, 5.41) is 18.8. The van der Waals surface area contributed by atoms with Crippen LogP contribution in [0.4, 0.5) is 0 Å². The fourth-order valence-corrected chi connectivity index (χ4v) is 3.70. The Kier molecular flexibility index (Phi) is 4.66. The Labute approximate surface area is 150 Å². The molecule has 2 atom stereocenters. The second kappa shape index (κ2) is 4.74. The molecule has 3 nitrogen and oxygen atoms in total. The number of hydroxylamine groups is 2. The molecule has 0 aromatic carbocycles. The first-order valence-corrected chi connectivity index (χ1v) is 5.38. The van der Waals surface area contributed by atoms with Crippen LogP contribution in [0.2, 0.25) is 0 Å². The Morgan fingerprint density at radius 3 is 2.33 bits per heavy atom. The first-order chi connectivity index (χ1) is 6.46. The molecule has 80 valence electrons. The van der Waals surface area contributed by atoms with Crippen molar-refractivity contribution in [3.05, 3.63) is 11.6 Å². The van der Waals surface area contributed by atoms with Crippen molar-refractivity contribution in [1.82, 2.24) is 0 Å². The molecule has 0 amide bonds. The van der Waals surface area contributed by atoms with Gasteiger partial charge in [0.2, 0.25) is 0 Å². The van der Waals surface area contributed by atoms with Gasteiger partial charge in [-0.2, -0.15) is 10.4 Å². The average Bonchev–Trinajstić information content (AvgIpc) is 2.51. The summed E-state index contributed by atoms with van der Waals surface area (Å²) < 4.78 is 0. The summed E-state index contributed by atoms with van der Waals surface area (Å²) in [6.45, 7) is 6.32. The first-order valence-electron chi connectivity index (χ1n) is 5.38. The van der Waals surface area contributed by atoms with Gasteiger partial charge in [0.25, 0.3) is 0 Å². The Hall–Kier alpha value is 1.67. The summed E-state index contributed by atoms with van der Waals surface area (Å²) in [5.74, 6) is 0.614. The minimum atomic E-state index is -0.438. The van der Waals surface area contributed by atoms with E-state index >= 15 is 0 Å². The minimum Gasteiger partial charge on any atom is -0.183 e. The van der Waals surface area contributed by atoms with E-state index < -0.39 is 5.54 Å². The predicted molar refractivity (Wildman–Crippen MR) is 52.1 cm³/mol. The molecule has 0 spiro atoms. The summed E-state index contributed by atoms with van der Waals surface area (Å²) >= 11 is 0. The third-order valence-corrected chi connectivity index (χ3v) is 4.73. The Morgan fingerprint density at radius 1 is 1.40 bits per heavy atom. The van der Waals surface area contributed by atoms with Crippen LogP contribution < -0.4 is 74.1 Å². The van der Waals surface area contributed by atoms with Crippen LogP contribution >= 0.6 is 0 Å². The molecule has 2 fully saturated rings. The second-order valence-corrected chi connectivity index (χ2v) is 5.20. The van der Waals surface area contributed by atoms with Crippen molar-refractivity contribution in [2.45, 2.75) is 45.6 Å². The maximum atomic E-state index is 9.60. The van der Waals surface area contributed by atoms with E-state index in [9.17, 15) is 10.4 Å². The number of fused-ring (bicyclic) bond motifs is 2. The van der Waals surface area contributed by atoms with Crippen LogP contribution in [0.5, 0.6) is 0 Å². The molecule has 4 heteroatoms. The summed E-state index contributed by atoms with van der Waals surface area (Å²) in [6, 6.07) is 0. The van der Waals surface area contributed by atoms with Crippen molar-refractivity contribution < 1.29 is 84.5 Å². The van der Waals surface area contributed by atoms with Gasteiger partial charge >= 0.3 is 68.9 Å². The molecule has 0 aromatic heterocycles. The number of nitrogens with one attached hydrogen (secondary N) is 1. The third-order valence-electron chi connectivity index (χ3n) is 4.73. The van der Waals surface area contributed by atoms with Crippen LogP contribution in [0, 0.1) is 11.3 Å². The van der Waals surface area contributed by atoms with Crippen molar-refractivity contribution >= 4 is 0 Å². The Morgan fingerprint density at radius 2 is 2.00 bits per heavy atom. The fraction of sp³-hybridized carbons (Fsp3) is 0.818. The first kappa shape index (κ1) is 14.7. The second-order valence-electron chi connectivity index (χ2n) is 5.20. The van der Waals surface area contributed by atoms with Crippen molar-refractivity contribution in [2.24, 2.45) is 11.3 Å². The zero-order valence-corrected chi connectivity index (χ0v) is 16.5. The number of quaternary nitrogens is 1. The number of allylic oxidation sites excluding steroid dienone is 1. The Balaban J connectivity index is 0.00000112. The monoisotopic (exact) mass is 331 g/mol. The van der Waals surface area contributed by atoms with E-state index in [0.29, 0.717) is 5.92 Å². The van der Waals surface area contributed by atoms with E-state index in [1.54, 1.807) is 0 Å². The number of hydrogen-bond acceptors (Lipinski definition) is 2. The van der Waals surface area contributed by atoms with Crippen LogP contribution in [0.1, 0.15) is 40.0 Å². The zero-order valence-electron chi connectivity index (χ0n) is 10.2. The van der Waals surface area contributed by atoms with Crippen molar-refractivity contribution in [3.8, 4) is 0 Å². The largest absolute Gasteiger partial charge is 1.00 e. The van der Waals surface area contributed by atoms with Crippen molar-refractivity contribution in [3.63, 3.8) is 0 Å². The molecule has 2 saturated carbocycles. The van der Waals surface area contributed by atoms with Gasteiger partial charge in [-0.05, 0) is 36.5 Å². The summed E-state index contributed by atoms with van der Waals surface area (Å²) in [6.07, 6.45) is 5.11. The van der Waals surface area contributed by atoms with Gasteiger partial charge in [0.1, 0.15) is 0 Å². The topological polar surface area (TPSA) is 44.9 Å². The van der Waals surface area contributed by atoms with Gasteiger partial charge in [0.15, 0.2) is 5.54 Å². The zero-order chi connectivity index (χ0) is 10.6. The molecule has 2 aliphatic carbocycles. The molecule has 0 radical (unpaired) electrons. The van der Waals surface area contributed by atoms with Crippen LogP contribution in [-0.4, -0.2) is 16.0 Å². The quantitative estimate of drug-likeness (QED) is 0.391. The molecule has 0 aliphatic heterocycles. The van der Waals surface area contributed by atoms with Crippen molar-refractivity contribution in [2.75, 3.05) is 0 Å². The van der Waals surface area contributed by atoms with E-state index in [0.717, 1.165) is 19.3 Å². The summed E-state index contributed by atoms with van der Waals surface area (Å²) in [4.78, 5) is 0. The number of hydrogen-bond donors (Lipinski definition) is 3. The third kappa shape index (κ3) is 1.77. The molecular formula is C11H20CsNO2+2. The van der Waals surface area contributed by atoms with Crippen LogP contribution in [0.25, 0.3) is 0 Å². The fourth-order valence-electron chi connectivity index (χ4n) is 3.70. The van der Waals surface area contributed by atoms with Gasteiger partial charge in [0.05, 0.1) is 0 Å². The number of rotatable bonds is 1. The van der Waals surface area contributed by atoms with Gasteiger partial charge in [-0.3, -0.25) is 0 Å². The molecule has 3 N–H and O–H groups in total. The SMILES string of the molecule is C/C=C1/CC2CCC1([NH+](O)O)C2(C)C.[Cs+]. The average molecular weight is 331 g/mol. The standard InChI is InChI=1S/C11H19NO2.Cs/c1-4-8-7-9-5-6-11(8,12(13)14)10(9,2)3;/h4,9,13-14H,5-7H2,1-3H3;/q;+1/p+1/b8-4-;. The molecule has 0 saturated heterocycles. The van der Waals surface area contributed by atoms with Crippen LogP contribution in [0.3, 0.4) is 0 Å². The minimum absolute atomic E-state index is 0. The molecule has 2 rings (SSSR count). The van der Waals surface area contributed by atoms with Crippen LogP contribution in [0.15, 0.2) is 11.6 Å². The van der Waals surface area contributed by atoms with Crippen molar-refractivity contribution in [1.29, 1.82) is 0 Å². The van der Waals surface area contributed by atoms with Gasteiger partial charge in [-0.25, -0.2) is 0 Å². The van der Waals surface area contributed by atoms with Crippen LogP contribution in [-0.2, 0) is 0 Å². The van der Waals surface area contributed by atoms with Gasteiger partial charge in [0, 0.05) is 11.8 Å². The molecule has 0 aromatic rings. The maximum absolute atomic E-state index is 9.60. The van der Waals surface area contributed by atoms with E-state index in [1.807, 2.05) is 6.92 Å². The normalized spacial score (nSPS) is 39.9. The molecule has 2 unspecified atom stereocenters. The molecular weight excluding hydrogens is 311 g/mol. The summed E-state index contributed by atoms with van der Waals surface area (Å²) in [7, 11) is 0. The molecule has 15 heavy (non-hydrogen) atoms. The van der Waals surface area contributed by atoms with E-state index in [-0.39, 0.29) is 79.5 Å². The van der Waals surface area contributed by atoms with E-state index in [4.69, 9.17) is 0 Å². The van der Waals surface area contributed by atoms with Gasteiger partial charge < -0.3 is 0 Å².